The fourth-order valence-corrected chi connectivity index (χ4v) is 5.40. The van der Waals surface area contributed by atoms with E-state index in [1.165, 1.54) is 66.9 Å². The second-order valence-electron chi connectivity index (χ2n) is 6.59. The second-order valence-corrected chi connectivity index (χ2v) is 7.67. The summed E-state index contributed by atoms with van der Waals surface area (Å²) >= 11 is 2.03. The van der Waals surface area contributed by atoms with E-state index >= 15 is 0 Å². The number of aliphatic imine (C=N–C) groups is 1. The molecule has 2 aliphatic carbocycles. The summed E-state index contributed by atoms with van der Waals surface area (Å²) in [5.74, 6) is 0.712. The van der Waals surface area contributed by atoms with Gasteiger partial charge in [0.25, 0.3) is 0 Å². The van der Waals surface area contributed by atoms with Gasteiger partial charge in [0.1, 0.15) is 5.00 Å². The molecule has 108 valence electrons. The van der Waals surface area contributed by atoms with E-state index in [1.54, 1.807) is 10.4 Å². The first-order valence-electron chi connectivity index (χ1n) is 8.27. The fraction of sp³-hybridized carbons (Fsp3) is 0.500. The first kappa shape index (κ1) is 12.2. The van der Waals surface area contributed by atoms with Gasteiger partial charge in [-0.05, 0) is 56.2 Å². The molecule has 0 atom stereocenters. The highest BCUT2D eigenvalue weighted by molar-refractivity contribution is 7.15. The van der Waals surface area contributed by atoms with Crippen LogP contribution in [-0.4, -0.2) is 10.3 Å². The number of hydrogen-bond donors (Lipinski definition) is 0. The van der Waals surface area contributed by atoms with Crippen LogP contribution in [0.2, 0.25) is 0 Å². The predicted octanol–water partition coefficient (Wildman–Crippen LogP) is 4.52. The van der Waals surface area contributed by atoms with Crippen molar-refractivity contribution in [2.75, 3.05) is 0 Å². The van der Waals surface area contributed by atoms with E-state index in [-0.39, 0.29) is 0 Å². The third kappa shape index (κ3) is 1.73. The van der Waals surface area contributed by atoms with Crippen LogP contribution in [0.3, 0.4) is 0 Å². The average Bonchev–Trinajstić information content (AvgIpc) is 3.03. The van der Waals surface area contributed by atoms with Crippen LogP contribution in [0.5, 0.6) is 0 Å². The maximum atomic E-state index is 5.08. The highest BCUT2D eigenvalue weighted by atomic mass is 32.1. The molecule has 3 aliphatic rings. The van der Waals surface area contributed by atoms with Gasteiger partial charge in [0.2, 0.25) is 0 Å². The number of hydrogen-bond acceptors (Lipinski definition) is 2. The van der Waals surface area contributed by atoms with Crippen LogP contribution >= 0.6 is 11.3 Å². The van der Waals surface area contributed by atoms with Crippen LogP contribution < -0.4 is 0 Å². The van der Waals surface area contributed by atoms with Crippen LogP contribution in [0.1, 0.15) is 53.8 Å². The van der Waals surface area contributed by atoms with E-state index in [0.29, 0.717) is 5.92 Å². The van der Waals surface area contributed by atoms with E-state index in [9.17, 15) is 0 Å². The first-order chi connectivity index (χ1) is 10.4. The van der Waals surface area contributed by atoms with E-state index in [1.807, 2.05) is 11.3 Å². The minimum atomic E-state index is 0.712. The third-order valence-electron chi connectivity index (χ3n) is 5.39. The standard InChI is InChI=1S/C18H20N2S/c1-2-9-16-13(7-1)14-11-19-17(12-5-3-6-12)15-8-4-10-20(15)18(14)21-16/h4,8,10,12H,1-3,5-7,9,11H2. The smallest absolute Gasteiger partial charge is 0.105 e. The molecule has 0 N–H and O–H groups in total. The van der Waals surface area contributed by atoms with Crippen LogP contribution in [0.4, 0.5) is 0 Å². The normalized spacial score (nSPS) is 20.9. The lowest BCUT2D eigenvalue weighted by molar-refractivity contribution is 0.412. The zero-order chi connectivity index (χ0) is 13.8. The molecule has 2 nitrogen and oxygen atoms in total. The van der Waals surface area contributed by atoms with Crippen LogP contribution in [0.25, 0.3) is 5.00 Å². The van der Waals surface area contributed by atoms with Crippen LogP contribution in [-0.2, 0) is 19.4 Å². The van der Waals surface area contributed by atoms with Crippen molar-refractivity contribution < 1.29 is 0 Å². The molecular weight excluding hydrogens is 276 g/mol. The van der Waals surface area contributed by atoms with E-state index in [2.05, 4.69) is 22.9 Å². The highest BCUT2D eigenvalue weighted by Crippen LogP contribution is 2.41. The highest BCUT2D eigenvalue weighted by Gasteiger charge is 2.30. The quantitative estimate of drug-likeness (QED) is 0.736. The number of thiophene rings is 1. The van der Waals surface area contributed by atoms with Gasteiger partial charge >= 0.3 is 0 Å². The Bertz CT molecular complexity index is 730. The Morgan fingerprint density at radius 2 is 2.00 bits per heavy atom. The molecule has 2 aromatic heterocycles. The molecule has 5 rings (SSSR count). The number of rotatable bonds is 1. The Morgan fingerprint density at radius 1 is 1.10 bits per heavy atom. The van der Waals surface area contributed by atoms with Crippen molar-refractivity contribution in [3.63, 3.8) is 0 Å². The molecule has 3 heterocycles. The fourth-order valence-electron chi connectivity index (χ4n) is 4.01. The zero-order valence-corrected chi connectivity index (χ0v) is 13.1. The molecule has 0 amide bonds. The Balaban J connectivity index is 1.69. The van der Waals surface area contributed by atoms with Gasteiger partial charge in [-0.15, -0.1) is 11.3 Å². The van der Waals surface area contributed by atoms with Crippen LogP contribution in [0.15, 0.2) is 23.3 Å². The average molecular weight is 296 g/mol. The molecule has 0 spiro atoms. The lowest BCUT2D eigenvalue weighted by atomic mass is 9.80. The molecule has 0 bridgehead atoms. The largest absolute Gasteiger partial charge is 0.307 e. The van der Waals surface area contributed by atoms with Crippen molar-refractivity contribution in [3.8, 4) is 5.00 Å². The third-order valence-corrected chi connectivity index (χ3v) is 6.72. The number of aromatic nitrogens is 1. The Hall–Kier alpha value is -1.35. The van der Waals surface area contributed by atoms with Gasteiger partial charge in [-0.3, -0.25) is 4.99 Å². The van der Waals surface area contributed by atoms with E-state index < -0.39 is 0 Å². The molecule has 1 fully saturated rings. The van der Waals surface area contributed by atoms with Gasteiger partial charge in [0.05, 0.1) is 18.0 Å². The summed E-state index contributed by atoms with van der Waals surface area (Å²) in [6.45, 7) is 0.911. The molecule has 1 aliphatic heterocycles. The molecule has 1 saturated carbocycles. The summed E-state index contributed by atoms with van der Waals surface area (Å²) in [6.07, 6.45) is 11.5. The summed E-state index contributed by atoms with van der Waals surface area (Å²) < 4.78 is 2.43. The van der Waals surface area contributed by atoms with Crippen molar-refractivity contribution >= 4 is 17.0 Å². The minimum absolute atomic E-state index is 0.712. The first-order valence-corrected chi connectivity index (χ1v) is 9.09. The zero-order valence-electron chi connectivity index (χ0n) is 12.3. The molecule has 3 heteroatoms. The van der Waals surface area contributed by atoms with Crippen molar-refractivity contribution in [1.82, 2.24) is 4.57 Å². The summed E-state index contributed by atoms with van der Waals surface area (Å²) in [4.78, 5) is 6.72. The van der Waals surface area contributed by atoms with Gasteiger partial charge in [-0.1, -0.05) is 6.42 Å². The molecule has 0 saturated heterocycles. The second kappa shape index (κ2) is 4.57. The SMILES string of the molecule is c1cc2n(c1)-c1sc3c(c1CN=C2C1CCC1)CCCC3. The molecule has 0 unspecified atom stereocenters. The Labute approximate surface area is 129 Å². The minimum Gasteiger partial charge on any atom is -0.307 e. The van der Waals surface area contributed by atoms with Crippen molar-refractivity contribution in [3.05, 3.63) is 40.0 Å². The maximum Gasteiger partial charge on any atom is 0.105 e. The van der Waals surface area contributed by atoms with E-state index in [4.69, 9.17) is 4.99 Å². The topological polar surface area (TPSA) is 17.3 Å². The van der Waals surface area contributed by atoms with Crippen molar-refractivity contribution in [2.24, 2.45) is 10.9 Å². The molecule has 21 heavy (non-hydrogen) atoms. The molecule has 0 aromatic carbocycles. The predicted molar refractivity (Wildman–Crippen MR) is 87.9 cm³/mol. The number of fused-ring (bicyclic) bond motifs is 5. The lowest BCUT2D eigenvalue weighted by Gasteiger charge is -2.27. The Kier molecular flexibility index (Phi) is 2.66. The van der Waals surface area contributed by atoms with Gasteiger partial charge in [0, 0.05) is 22.6 Å². The van der Waals surface area contributed by atoms with Gasteiger partial charge in [-0.25, -0.2) is 0 Å². The van der Waals surface area contributed by atoms with Gasteiger partial charge in [0.15, 0.2) is 0 Å². The summed E-state index contributed by atoms with van der Waals surface area (Å²) in [5.41, 5.74) is 5.90. The van der Waals surface area contributed by atoms with E-state index in [0.717, 1.165) is 6.54 Å². The summed E-state index contributed by atoms with van der Waals surface area (Å²) in [7, 11) is 0. The van der Waals surface area contributed by atoms with Crippen molar-refractivity contribution in [1.29, 1.82) is 0 Å². The molecule has 0 radical (unpaired) electrons. The van der Waals surface area contributed by atoms with Crippen molar-refractivity contribution in [2.45, 2.75) is 51.5 Å². The molecule has 2 aromatic rings. The Morgan fingerprint density at radius 3 is 2.86 bits per heavy atom. The summed E-state index contributed by atoms with van der Waals surface area (Å²) in [5, 5.41) is 1.46. The van der Waals surface area contributed by atoms with Crippen LogP contribution in [0, 0.1) is 5.92 Å². The maximum absolute atomic E-state index is 5.08. The monoisotopic (exact) mass is 296 g/mol. The van der Waals surface area contributed by atoms with Gasteiger partial charge in [-0.2, -0.15) is 0 Å². The molecular formula is C18H20N2S. The summed E-state index contributed by atoms with van der Waals surface area (Å²) in [6, 6.07) is 4.46. The number of aryl methyl sites for hydroxylation is 1. The van der Waals surface area contributed by atoms with Gasteiger partial charge < -0.3 is 4.57 Å². The lowest BCUT2D eigenvalue weighted by Crippen LogP contribution is -2.24. The number of nitrogens with zero attached hydrogens (tertiary/aromatic N) is 2.